The van der Waals surface area contributed by atoms with Gasteiger partial charge in [-0.15, -0.1) is 0 Å². The lowest BCUT2D eigenvalue weighted by atomic mass is 9.94. The third-order valence-corrected chi connectivity index (χ3v) is 4.55. The van der Waals surface area contributed by atoms with E-state index >= 15 is 0 Å². The summed E-state index contributed by atoms with van der Waals surface area (Å²) in [6, 6.07) is 0. The molecule has 0 aliphatic rings. The molecule has 0 aliphatic heterocycles. The van der Waals surface area contributed by atoms with E-state index in [0.717, 1.165) is 22.3 Å². The summed E-state index contributed by atoms with van der Waals surface area (Å²) in [7, 11) is 5.73. The van der Waals surface area contributed by atoms with Gasteiger partial charge in [0.1, 0.15) is 0 Å². The molecule has 0 saturated heterocycles. The highest BCUT2D eigenvalue weighted by Gasteiger charge is 2.31. The number of nitrogens with zero attached hydrogens (tertiary/aromatic N) is 3. The Bertz CT molecular complexity index is 449. The van der Waals surface area contributed by atoms with E-state index in [1.54, 1.807) is 4.68 Å². The maximum absolute atomic E-state index is 12.4. The zero-order valence-electron chi connectivity index (χ0n) is 12.0. The number of aryl methyl sites for hydroxylation is 2. The van der Waals surface area contributed by atoms with Gasteiger partial charge in [-0.25, -0.2) is 0 Å². The van der Waals surface area contributed by atoms with Crippen molar-refractivity contribution < 1.29 is 4.79 Å². The van der Waals surface area contributed by atoms with E-state index in [1.807, 2.05) is 39.9 Å². The van der Waals surface area contributed by atoms with Crippen molar-refractivity contribution in [3.8, 4) is 0 Å². The first-order chi connectivity index (χ1) is 8.21. The van der Waals surface area contributed by atoms with Gasteiger partial charge in [-0.05, 0) is 50.3 Å². The van der Waals surface area contributed by atoms with E-state index in [9.17, 15) is 4.79 Å². The number of carbonyl (C=O) groups excluding carboxylic acids is 1. The van der Waals surface area contributed by atoms with Crippen LogP contribution in [0.15, 0.2) is 4.47 Å². The van der Waals surface area contributed by atoms with Gasteiger partial charge in [-0.2, -0.15) is 5.10 Å². The fourth-order valence-corrected chi connectivity index (χ4v) is 2.39. The van der Waals surface area contributed by atoms with E-state index in [1.165, 1.54) is 0 Å². The van der Waals surface area contributed by atoms with Crippen LogP contribution >= 0.6 is 15.9 Å². The first kappa shape index (κ1) is 15.4. The number of rotatable bonds is 5. The van der Waals surface area contributed by atoms with Crippen LogP contribution in [0.25, 0.3) is 0 Å². The highest BCUT2D eigenvalue weighted by atomic mass is 79.9. The van der Waals surface area contributed by atoms with Gasteiger partial charge < -0.3 is 0 Å². The van der Waals surface area contributed by atoms with Crippen molar-refractivity contribution in [1.29, 1.82) is 0 Å². The molecule has 0 N–H and O–H groups in total. The fourth-order valence-electron chi connectivity index (χ4n) is 1.63. The Morgan fingerprint density at radius 1 is 1.44 bits per heavy atom. The van der Waals surface area contributed by atoms with Crippen molar-refractivity contribution in [2.75, 3.05) is 14.1 Å². The predicted molar refractivity (Wildman–Crippen MR) is 76.8 cm³/mol. The average molecular weight is 316 g/mol. The van der Waals surface area contributed by atoms with E-state index in [-0.39, 0.29) is 5.78 Å². The average Bonchev–Trinajstić information content (AvgIpc) is 2.55. The summed E-state index contributed by atoms with van der Waals surface area (Å²) in [5.41, 5.74) is 1.49. The van der Waals surface area contributed by atoms with Crippen molar-refractivity contribution >= 4 is 21.7 Å². The summed E-state index contributed by atoms with van der Waals surface area (Å²) >= 11 is 3.55. The summed E-state index contributed by atoms with van der Waals surface area (Å²) in [4.78, 5) is 14.3. The van der Waals surface area contributed by atoms with Crippen molar-refractivity contribution in [2.45, 2.75) is 39.2 Å². The summed E-state index contributed by atoms with van der Waals surface area (Å²) in [5, 5.41) is 4.41. The molecule has 1 heterocycles. The van der Waals surface area contributed by atoms with Crippen LogP contribution in [0.3, 0.4) is 0 Å². The van der Waals surface area contributed by atoms with E-state index in [0.29, 0.717) is 6.42 Å². The Balaban J connectivity index is 2.99. The normalized spacial score (nSPS) is 12.2. The van der Waals surface area contributed by atoms with E-state index in [4.69, 9.17) is 0 Å². The van der Waals surface area contributed by atoms with Crippen LogP contribution in [0.4, 0.5) is 0 Å². The minimum atomic E-state index is -0.462. The lowest BCUT2D eigenvalue weighted by Crippen LogP contribution is -2.46. The largest absolute Gasteiger partial charge is 0.298 e. The highest BCUT2D eigenvalue weighted by molar-refractivity contribution is 9.10. The Morgan fingerprint density at radius 3 is 2.39 bits per heavy atom. The molecule has 0 spiro atoms. The second-order valence-electron chi connectivity index (χ2n) is 5.24. The maximum atomic E-state index is 12.4. The molecule has 1 rings (SSSR count). The molecule has 0 radical (unpaired) electrons. The zero-order chi connectivity index (χ0) is 14.1. The van der Waals surface area contributed by atoms with Crippen molar-refractivity contribution in [3.05, 3.63) is 15.9 Å². The van der Waals surface area contributed by atoms with E-state index < -0.39 is 5.54 Å². The molecule has 1 aromatic rings. The minimum absolute atomic E-state index is 0.193. The number of halogens is 1. The van der Waals surface area contributed by atoms with Crippen LogP contribution in [-0.2, 0) is 24.7 Å². The molecule has 18 heavy (non-hydrogen) atoms. The number of likely N-dealkylation sites (N-methyl/N-ethyl adjacent to an activating group) is 1. The van der Waals surface area contributed by atoms with Gasteiger partial charge in [0.25, 0.3) is 0 Å². The molecule has 0 atom stereocenters. The SMILES string of the molecule is CCc1nn(C)c(CC(=O)C(C)(C)N(C)C)c1Br. The molecule has 0 amide bonds. The molecule has 0 unspecified atom stereocenters. The fraction of sp³-hybridized carbons (Fsp3) is 0.692. The van der Waals surface area contributed by atoms with Crippen LogP contribution in [0.2, 0.25) is 0 Å². The van der Waals surface area contributed by atoms with Gasteiger partial charge in [-0.3, -0.25) is 14.4 Å². The monoisotopic (exact) mass is 315 g/mol. The topological polar surface area (TPSA) is 38.1 Å². The Morgan fingerprint density at radius 2 is 2.00 bits per heavy atom. The highest BCUT2D eigenvalue weighted by Crippen LogP contribution is 2.24. The second kappa shape index (κ2) is 5.53. The van der Waals surface area contributed by atoms with Crippen LogP contribution in [-0.4, -0.2) is 40.1 Å². The molecule has 1 aromatic heterocycles. The maximum Gasteiger partial charge on any atom is 0.158 e. The number of carbonyl (C=O) groups is 1. The van der Waals surface area contributed by atoms with Crippen molar-refractivity contribution in [3.63, 3.8) is 0 Å². The van der Waals surface area contributed by atoms with Gasteiger partial charge >= 0.3 is 0 Å². The van der Waals surface area contributed by atoms with Gasteiger partial charge in [0.2, 0.25) is 0 Å². The van der Waals surface area contributed by atoms with Crippen LogP contribution in [0.1, 0.15) is 32.2 Å². The summed E-state index contributed by atoms with van der Waals surface area (Å²) in [5.74, 6) is 0.193. The predicted octanol–water partition coefficient (Wildman–Crippen LogP) is 2.20. The first-order valence-corrected chi connectivity index (χ1v) is 6.92. The smallest absolute Gasteiger partial charge is 0.158 e. The van der Waals surface area contributed by atoms with Gasteiger partial charge in [0.15, 0.2) is 5.78 Å². The molecule has 4 nitrogen and oxygen atoms in total. The Hall–Kier alpha value is -0.680. The molecule has 102 valence electrons. The molecular weight excluding hydrogens is 294 g/mol. The number of aromatic nitrogens is 2. The molecule has 5 heteroatoms. The number of hydrogen-bond donors (Lipinski definition) is 0. The van der Waals surface area contributed by atoms with Crippen LogP contribution < -0.4 is 0 Å². The Kier molecular flexibility index (Phi) is 4.72. The van der Waals surface area contributed by atoms with Crippen molar-refractivity contribution in [1.82, 2.24) is 14.7 Å². The quantitative estimate of drug-likeness (QED) is 0.836. The third kappa shape index (κ3) is 2.83. The van der Waals surface area contributed by atoms with Gasteiger partial charge in [0.05, 0.1) is 27.8 Å². The number of hydrogen-bond acceptors (Lipinski definition) is 3. The molecule has 0 aliphatic carbocycles. The number of Topliss-reactive ketones (excluding diaryl/α,β-unsaturated/α-hetero) is 1. The summed E-state index contributed by atoms with van der Waals surface area (Å²) in [6.07, 6.45) is 1.26. The second-order valence-corrected chi connectivity index (χ2v) is 6.03. The summed E-state index contributed by atoms with van der Waals surface area (Å²) in [6.45, 7) is 5.95. The lowest BCUT2D eigenvalue weighted by Gasteiger charge is -2.30. The molecule has 0 aromatic carbocycles. The molecule has 0 bridgehead atoms. The third-order valence-electron chi connectivity index (χ3n) is 3.63. The number of ketones is 1. The lowest BCUT2D eigenvalue weighted by molar-refractivity contribution is -0.127. The first-order valence-electron chi connectivity index (χ1n) is 6.12. The zero-order valence-corrected chi connectivity index (χ0v) is 13.6. The molecular formula is C13H22BrN3O. The minimum Gasteiger partial charge on any atom is -0.298 e. The molecule has 0 saturated carbocycles. The van der Waals surface area contributed by atoms with Gasteiger partial charge in [-0.1, -0.05) is 6.92 Å². The van der Waals surface area contributed by atoms with E-state index in [2.05, 4.69) is 28.0 Å². The summed E-state index contributed by atoms with van der Waals surface area (Å²) < 4.78 is 2.77. The van der Waals surface area contributed by atoms with Gasteiger partial charge in [0, 0.05) is 7.05 Å². The standard InChI is InChI=1S/C13H22BrN3O/c1-7-9-12(14)10(17(6)15-9)8-11(18)13(2,3)16(4)5/h7-8H2,1-6H3. The van der Waals surface area contributed by atoms with Crippen LogP contribution in [0.5, 0.6) is 0 Å². The molecule has 0 fully saturated rings. The Labute approximate surface area is 117 Å². The van der Waals surface area contributed by atoms with Crippen LogP contribution in [0, 0.1) is 0 Å². The van der Waals surface area contributed by atoms with Crippen molar-refractivity contribution in [2.24, 2.45) is 7.05 Å².